The molecule has 1 aromatic carbocycles. The Balaban J connectivity index is 2.53. The van der Waals surface area contributed by atoms with E-state index < -0.39 is 5.91 Å². The van der Waals surface area contributed by atoms with Crippen LogP contribution in [0, 0.1) is 11.3 Å². The van der Waals surface area contributed by atoms with Crippen LogP contribution in [0.5, 0.6) is 0 Å². The SMILES string of the molecule is N#Cc1cc(Br)ccc1-n1cc(C(N)=O)cn1. The van der Waals surface area contributed by atoms with Gasteiger partial charge in [0.15, 0.2) is 0 Å². The molecule has 0 aliphatic heterocycles. The Morgan fingerprint density at radius 2 is 2.29 bits per heavy atom. The van der Waals surface area contributed by atoms with E-state index in [0.29, 0.717) is 16.8 Å². The molecule has 2 rings (SSSR count). The van der Waals surface area contributed by atoms with Crippen molar-refractivity contribution in [3.63, 3.8) is 0 Å². The molecule has 0 saturated heterocycles. The van der Waals surface area contributed by atoms with E-state index in [1.807, 2.05) is 0 Å². The summed E-state index contributed by atoms with van der Waals surface area (Å²) in [5, 5.41) is 13.0. The quantitative estimate of drug-likeness (QED) is 0.912. The van der Waals surface area contributed by atoms with Crippen molar-refractivity contribution in [3.8, 4) is 11.8 Å². The lowest BCUT2D eigenvalue weighted by Gasteiger charge is -2.03. The lowest BCUT2D eigenvalue weighted by molar-refractivity contribution is 0.100. The molecule has 0 spiro atoms. The first-order valence-corrected chi connectivity index (χ1v) is 5.45. The van der Waals surface area contributed by atoms with Crippen LogP contribution in [0.1, 0.15) is 15.9 Å². The molecule has 17 heavy (non-hydrogen) atoms. The van der Waals surface area contributed by atoms with E-state index in [1.165, 1.54) is 17.1 Å². The van der Waals surface area contributed by atoms with Gasteiger partial charge in [-0.25, -0.2) is 4.68 Å². The van der Waals surface area contributed by atoms with Gasteiger partial charge in [0, 0.05) is 10.7 Å². The zero-order valence-electron chi connectivity index (χ0n) is 8.59. The molecule has 0 unspecified atom stereocenters. The fourth-order valence-corrected chi connectivity index (χ4v) is 1.74. The Hall–Kier alpha value is -2.13. The Kier molecular flexibility index (Phi) is 2.93. The van der Waals surface area contributed by atoms with E-state index in [0.717, 1.165) is 4.47 Å². The van der Waals surface area contributed by atoms with Gasteiger partial charge in [-0.1, -0.05) is 15.9 Å². The number of nitrogens with two attached hydrogens (primary N) is 1. The summed E-state index contributed by atoms with van der Waals surface area (Å²) in [5.41, 5.74) is 6.49. The predicted octanol–water partition coefficient (Wildman–Crippen LogP) is 1.61. The number of nitriles is 1. The number of primary amides is 1. The summed E-state index contributed by atoms with van der Waals surface area (Å²) in [6, 6.07) is 7.28. The highest BCUT2D eigenvalue weighted by Gasteiger charge is 2.09. The maximum absolute atomic E-state index is 11.0. The molecule has 0 atom stereocenters. The zero-order chi connectivity index (χ0) is 12.4. The molecule has 6 heteroatoms. The van der Waals surface area contributed by atoms with Crippen LogP contribution in [0.4, 0.5) is 0 Å². The molecule has 1 aromatic heterocycles. The topological polar surface area (TPSA) is 84.7 Å². The van der Waals surface area contributed by atoms with Crippen LogP contribution in [-0.2, 0) is 0 Å². The molecular weight excluding hydrogens is 284 g/mol. The molecule has 0 bridgehead atoms. The number of carbonyl (C=O) groups is 1. The zero-order valence-corrected chi connectivity index (χ0v) is 10.2. The summed E-state index contributed by atoms with van der Waals surface area (Å²) < 4.78 is 2.26. The highest BCUT2D eigenvalue weighted by atomic mass is 79.9. The molecule has 0 saturated carbocycles. The second-order valence-electron chi connectivity index (χ2n) is 3.31. The molecule has 0 aliphatic rings. The highest BCUT2D eigenvalue weighted by molar-refractivity contribution is 9.10. The largest absolute Gasteiger partial charge is 0.366 e. The summed E-state index contributed by atoms with van der Waals surface area (Å²) >= 11 is 3.28. The Morgan fingerprint density at radius 3 is 2.88 bits per heavy atom. The van der Waals surface area contributed by atoms with Crippen molar-refractivity contribution in [1.82, 2.24) is 9.78 Å². The number of amides is 1. The van der Waals surface area contributed by atoms with Crippen molar-refractivity contribution in [1.29, 1.82) is 5.26 Å². The Morgan fingerprint density at radius 1 is 1.53 bits per heavy atom. The van der Waals surface area contributed by atoms with Gasteiger partial charge in [0.05, 0.1) is 23.0 Å². The number of aromatic nitrogens is 2. The molecule has 5 nitrogen and oxygen atoms in total. The Bertz CT molecular complexity index is 627. The molecule has 1 heterocycles. The van der Waals surface area contributed by atoms with Gasteiger partial charge < -0.3 is 5.73 Å². The van der Waals surface area contributed by atoms with Gasteiger partial charge in [-0.3, -0.25) is 4.79 Å². The maximum Gasteiger partial charge on any atom is 0.251 e. The number of nitrogens with zero attached hydrogens (tertiary/aromatic N) is 3. The minimum absolute atomic E-state index is 0.303. The molecule has 0 aliphatic carbocycles. The second kappa shape index (κ2) is 4.39. The van der Waals surface area contributed by atoms with Gasteiger partial charge in [-0.2, -0.15) is 10.4 Å². The number of hydrogen-bond acceptors (Lipinski definition) is 3. The van der Waals surface area contributed by atoms with Gasteiger partial charge in [0.1, 0.15) is 6.07 Å². The first-order chi connectivity index (χ1) is 8.11. The fraction of sp³-hybridized carbons (Fsp3) is 0. The van der Waals surface area contributed by atoms with Crippen LogP contribution in [0.25, 0.3) is 5.69 Å². The third kappa shape index (κ3) is 2.19. The van der Waals surface area contributed by atoms with Gasteiger partial charge >= 0.3 is 0 Å². The monoisotopic (exact) mass is 290 g/mol. The lowest BCUT2D eigenvalue weighted by Crippen LogP contribution is -2.09. The molecule has 0 fully saturated rings. The van der Waals surface area contributed by atoms with Crippen LogP contribution in [-0.4, -0.2) is 15.7 Å². The summed E-state index contributed by atoms with van der Waals surface area (Å²) in [4.78, 5) is 11.0. The smallest absolute Gasteiger partial charge is 0.251 e. The molecular formula is C11H7BrN4O. The van der Waals surface area contributed by atoms with E-state index in [-0.39, 0.29) is 0 Å². The lowest BCUT2D eigenvalue weighted by atomic mass is 10.2. The molecule has 2 N–H and O–H groups in total. The van der Waals surface area contributed by atoms with Gasteiger partial charge in [-0.15, -0.1) is 0 Å². The van der Waals surface area contributed by atoms with Crippen LogP contribution in [0.2, 0.25) is 0 Å². The van der Waals surface area contributed by atoms with Crippen molar-refractivity contribution < 1.29 is 4.79 Å². The normalized spacial score (nSPS) is 9.88. The van der Waals surface area contributed by atoms with Crippen molar-refractivity contribution >= 4 is 21.8 Å². The van der Waals surface area contributed by atoms with E-state index in [1.54, 1.807) is 18.2 Å². The summed E-state index contributed by atoms with van der Waals surface area (Å²) in [6.45, 7) is 0. The first kappa shape index (κ1) is 11.4. The summed E-state index contributed by atoms with van der Waals surface area (Å²) in [6.07, 6.45) is 2.86. The van der Waals surface area contributed by atoms with Crippen molar-refractivity contribution in [2.24, 2.45) is 5.73 Å². The molecule has 0 radical (unpaired) electrons. The minimum atomic E-state index is -0.549. The summed E-state index contributed by atoms with van der Waals surface area (Å²) in [7, 11) is 0. The Labute approximate surface area is 106 Å². The van der Waals surface area contributed by atoms with E-state index in [2.05, 4.69) is 27.1 Å². The van der Waals surface area contributed by atoms with Crippen LogP contribution in [0.15, 0.2) is 35.1 Å². The number of rotatable bonds is 2. The van der Waals surface area contributed by atoms with E-state index in [9.17, 15) is 4.79 Å². The molecule has 84 valence electrons. The van der Waals surface area contributed by atoms with Crippen LogP contribution < -0.4 is 5.73 Å². The average Bonchev–Trinajstić information content (AvgIpc) is 2.78. The van der Waals surface area contributed by atoms with Crippen molar-refractivity contribution in [3.05, 3.63) is 46.2 Å². The average molecular weight is 291 g/mol. The first-order valence-electron chi connectivity index (χ1n) is 4.66. The summed E-state index contributed by atoms with van der Waals surface area (Å²) in [5.74, 6) is -0.549. The van der Waals surface area contributed by atoms with Crippen molar-refractivity contribution in [2.75, 3.05) is 0 Å². The van der Waals surface area contributed by atoms with E-state index in [4.69, 9.17) is 11.0 Å². The third-order valence-electron chi connectivity index (χ3n) is 2.19. The number of carbonyl (C=O) groups excluding carboxylic acids is 1. The third-order valence-corrected chi connectivity index (χ3v) is 2.69. The van der Waals surface area contributed by atoms with Crippen LogP contribution in [0.3, 0.4) is 0 Å². The molecule has 1 amide bonds. The maximum atomic E-state index is 11.0. The van der Waals surface area contributed by atoms with Gasteiger partial charge in [0.2, 0.25) is 0 Å². The number of benzene rings is 1. The number of halogens is 1. The standard InChI is InChI=1S/C11H7BrN4O/c12-9-1-2-10(7(3-9)4-13)16-6-8(5-15-16)11(14)17/h1-3,5-6H,(H2,14,17). The minimum Gasteiger partial charge on any atom is -0.366 e. The van der Waals surface area contributed by atoms with Gasteiger partial charge in [0.25, 0.3) is 5.91 Å². The van der Waals surface area contributed by atoms with Crippen molar-refractivity contribution in [2.45, 2.75) is 0 Å². The van der Waals surface area contributed by atoms with Crippen LogP contribution >= 0.6 is 15.9 Å². The van der Waals surface area contributed by atoms with Gasteiger partial charge in [-0.05, 0) is 18.2 Å². The number of hydrogen-bond donors (Lipinski definition) is 1. The second-order valence-corrected chi connectivity index (χ2v) is 4.23. The highest BCUT2D eigenvalue weighted by Crippen LogP contribution is 2.19. The fourth-order valence-electron chi connectivity index (χ4n) is 1.38. The van der Waals surface area contributed by atoms with E-state index >= 15 is 0 Å². The molecule has 2 aromatic rings. The predicted molar refractivity (Wildman–Crippen MR) is 64.5 cm³/mol.